The number of aromatic hydroxyl groups is 1. The third-order valence-corrected chi connectivity index (χ3v) is 4.82. The molecule has 0 saturated heterocycles. The molecule has 0 amide bonds. The lowest BCUT2D eigenvalue weighted by molar-refractivity contribution is 0.0983. The minimum absolute atomic E-state index is 0.0161. The van der Waals surface area contributed by atoms with Crippen LogP contribution in [0.5, 0.6) is 17.2 Å². The molecule has 3 aromatic rings. The van der Waals surface area contributed by atoms with Crippen molar-refractivity contribution >= 4 is 13.6 Å². The molecular formula is C21H19O6P. The lowest BCUT2D eigenvalue weighted by Gasteiger charge is -2.14. The van der Waals surface area contributed by atoms with E-state index in [-0.39, 0.29) is 23.0 Å². The number of phenols is 1. The van der Waals surface area contributed by atoms with Crippen molar-refractivity contribution in [3.63, 3.8) is 0 Å². The lowest BCUT2D eigenvalue weighted by atomic mass is 10.0. The average molecular weight is 398 g/mol. The number of ketones is 1. The number of benzene rings is 3. The van der Waals surface area contributed by atoms with E-state index in [0.29, 0.717) is 18.4 Å². The topological polar surface area (TPSA) is 93.1 Å². The molecule has 144 valence electrons. The van der Waals surface area contributed by atoms with E-state index in [2.05, 4.69) is 0 Å². The number of Topliss-reactive ketones (excluding diaryl/α,β-unsaturated/α-hetero) is 1. The monoisotopic (exact) mass is 398 g/mol. The van der Waals surface area contributed by atoms with E-state index in [9.17, 15) is 19.4 Å². The smallest absolute Gasteiger partial charge is 0.508 e. The number of aryl methyl sites for hydroxylation is 1. The summed E-state index contributed by atoms with van der Waals surface area (Å²) in [5, 5.41) is 9.22. The number of phenolic OH excluding ortho intramolecular Hbond substituents is 1. The van der Waals surface area contributed by atoms with Crippen molar-refractivity contribution in [2.45, 2.75) is 12.8 Å². The molecule has 0 radical (unpaired) electrons. The Labute approximate surface area is 162 Å². The van der Waals surface area contributed by atoms with Crippen molar-refractivity contribution in [3.8, 4) is 17.2 Å². The Hall–Kier alpha value is -3.08. The predicted molar refractivity (Wildman–Crippen MR) is 105 cm³/mol. The molecule has 28 heavy (non-hydrogen) atoms. The molecule has 3 rings (SSSR count). The maximum Gasteiger partial charge on any atom is 0.584 e. The highest BCUT2D eigenvalue weighted by Crippen LogP contribution is 2.44. The van der Waals surface area contributed by atoms with E-state index in [1.54, 1.807) is 36.4 Å². The van der Waals surface area contributed by atoms with Crippen LogP contribution in [0, 0.1) is 0 Å². The van der Waals surface area contributed by atoms with Gasteiger partial charge in [-0.1, -0.05) is 42.5 Å². The fourth-order valence-corrected chi connectivity index (χ4v) is 3.35. The number of phosphoric acid groups is 1. The molecule has 0 aliphatic rings. The largest absolute Gasteiger partial charge is 0.584 e. The Balaban J connectivity index is 1.55. The Morgan fingerprint density at radius 3 is 1.93 bits per heavy atom. The first-order valence-corrected chi connectivity index (χ1v) is 10.1. The number of carbonyl (C=O) groups is 1. The van der Waals surface area contributed by atoms with Crippen molar-refractivity contribution in [1.82, 2.24) is 0 Å². The number of phosphoric ester groups is 1. The van der Waals surface area contributed by atoms with Crippen molar-refractivity contribution < 1.29 is 28.4 Å². The summed E-state index contributed by atoms with van der Waals surface area (Å²) in [6.45, 7) is 0. The second-order valence-electron chi connectivity index (χ2n) is 6.08. The summed E-state index contributed by atoms with van der Waals surface area (Å²) >= 11 is 0. The Bertz CT molecular complexity index is 968. The predicted octanol–water partition coefficient (Wildman–Crippen LogP) is 4.77. The molecule has 7 heteroatoms. The Morgan fingerprint density at radius 2 is 1.36 bits per heavy atom. The number of hydrogen-bond acceptors (Lipinski definition) is 5. The molecule has 0 bridgehead atoms. The van der Waals surface area contributed by atoms with Crippen LogP contribution >= 0.6 is 7.82 Å². The number of rotatable bonds is 8. The molecule has 0 saturated carbocycles. The summed E-state index contributed by atoms with van der Waals surface area (Å²) in [5.41, 5.74) is 1.58. The first-order chi connectivity index (χ1) is 13.4. The zero-order valence-electron chi connectivity index (χ0n) is 14.9. The van der Waals surface area contributed by atoms with E-state index in [4.69, 9.17) is 9.05 Å². The van der Waals surface area contributed by atoms with Gasteiger partial charge in [0.05, 0.1) is 0 Å². The highest BCUT2D eigenvalue weighted by Gasteiger charge is 2.25. The van der Waals surface area contributed by atoms with Crippen LogP contribution in [0.15, 0.2) is 78.9 Å². The molecule has 0 aliphatic heterocycles. The quantitative estimate of drug-likeness (QED) is 0.420. The lowest BCUT2D eigenvalue weighted by Crippen LogP contribution is -2.01. The van der Waals surface area contributed by atoms with Crippen LogP contribution in [0.1, 0.15) is 22.3 Å². The molecule has 0 spiro atoms. The van der Waals surface area contributed by atoms with E-state index in [1.165, 1.54) is 24.3 Å². The van der Waals surface area contributed by atoms with Gasteiger partial charge in [0.25, 0.3) is 0 Å². The van der Waals surface area contributed by atoms with Gasteiger partial charge < -0.3 is 14.2 Å². The minimum atomic E-state index is -4.37. The molecule has 1 unspecified atom stereocenters. The average Bonchev–Trinajstić information content (AvgIpc) is 2.69. The zero-order valence-corrected chi connectivity index (χ0v) is 15.8. The van der Waals surface area contributed by atoms with Crippen molar-refractivity contribution in [2.24, 2.45) is 0 Å². The van der Waals surface area contributed by atoms with Crippen LogP contribution in [-0.2, 0) is 11.0 Å². The zero-order chi connectivity index (χ0) is 20.0. The van der Waals surface area contributed by atoms with Gasteiger partial charge in [0.2, 0.25) is 0 Å². The summed E-state index contributed by atoms with van der Waals surface area (Å²) < 4.78 is 22.1. The van der Waals surface area contributed by atoms with Gasteiger partial charge in [-0.05, 0) is 48.4 Å². The van der Waals surface area contributed by atoms with Gasteiger partial charge in [0.15, 0.2) is 5.78 Å². The van der Waals surface area contributed by atoms with Crippen LogP contribution in [0.4, 0.5) is 0 Å². The maximum atomic E-state index is 12.1. The van der Waals surface area contributed by atoms with E-state index in [1.807, 2.05) is 18.2 Å². The van der Waals surface area contributed by atoms with Gasteiger partial charge in [-0.25, -0.2) is 4.57 Å². The van der Waals surface area contributed by atoms with Crippen LogP contribution < -0.4 is 9.05 Å². The summed E-state index contributed by atoms with van der Waals surface area (Å²) in [5.74, 6) is 0.341. The van der Waals surface area contributed by atoms with E-state index < -0.39 is 7.82 Å². The van der Waals surface area contributed by atoms with Crippen molar-refractivity contribution in [2.75, 3.05) is 0 Å². The highest BCUT2D eigenvalue weighted by atomic mass is 31.2. The van der Waals surface area contributed by atoms with Gasteiger partial charge >= 0.3 is 7.82 Å². The molecule has 0 heterocycles. The SMILES string of the molecule is O=C(CCc1ccc(OP(=O)(O)Oc2ccc(O)cc2)cc1)c1ccccc1. The summed E-state index contributed by atoms with van der Waals surface area (Å²) in [6, 6.07) is 21.0. The molecule has 2 N–H and O–H groups in total. The third-order valence-electron chi connectivity index (χ3n) is 3.94. The second kappa shape index (κ2) is 8.74. The van der Waals surface area contributed by atoms with Gasteiger partial charge in [-0.2, -0.15) is 0 Å². The first-order valence-electron chi connectivity index (χ1n) is 8.59. The van der Waals surface area contributed by atoms with Gasteiger partial charge in [-0.3, -0.25) is 9.69 Å². The first kappa shape index (κ1) is 19.7. The minimum Gasteiger partial charge on any atom is -0.508 e. The van der Waals surface area contributed by atoms with E-state index >= 15 is 0 Å². The highest BCUT2D eigenvalue weighted by molar-refractivity contribution is 7.48. The van der Waals surface area contributed by atoms with Gasteiger partial charge in [0.1, 0.15) is 17.2 Å². The molecule has 1 atom stereocenters. The third kappa shape index (κ3) is 5.71. The molecule has 6 nitrogen and oxygen atoms in total. The Kier molecular flexibility index (Phi) is 6.14. The molecule has 0 aromatic heterocycles. The van der Waals surface area contributed by atoms with E-state index in [0.717, 1.165) is 5.56 Å². The molecular weight excluding hydrogens is 379 g/mol. The fraction of sp³-hybridized carbons (Fsp3) is 0.0952. The second-order valence-corrected chi connectivity index (χ2v) is 7.38. The standard InChI is InChI=1S/C21H19O6P/c22-18-9-13-20(14-10-18)27-28(24,25)26-19-11-6-16(7-12-19)8-15-21(23)17-4-2-1-3-5-17/h1-7,9-14,22H,8,15H2,(H,24,25). The van der Waals surface area contributed by atoms with Crippen molar-refractivity contribution in [1.29, 1.82) is 0 Å². The normalized spacial score (nSPS) is 12.8. The van der Waals surface area contributed by atoms with Crippen LogP contribution in [0.2, 0.25) is 0 Å². The van der Waals surface area contributed by atoms with Gasteiger partial charge in [0, 0.05) is 12.0 Å². The van der Waals surface area contributed by atoms with Gasteiger partial charge in [-0.15, -0.1) is 0 Å². The molecule has 0 fully saturated rings. The Morgan fingerprint density at radius 1 is 0.821 bits per heavy atom. The summed E-state index contributed by atoms with van der Waals surface area (Å²) in [4.78, 5) is 22.0. The molecule has 3 aromatic carbocycles. The number of carbonyl (C=O) groups excluding carboxylic acids is 1. The maximum absolute atomic E-state index is 12.1. The number of hydrogen-bond donors (Lipinski definition) is 2. The van der Waals surface area contributed by atoms with Crippen molar-refractivity contribution in [3.05, 3.63) is 90.0 Å². The van der Waals surface area contributed by atoms with Crippen LogP contribution in [-0.4, -0.2) is 15.8 Å². The fourth-order valence-electron chi connectivity index (χ4n) is 2.54. The van der Waals surface area contributed by atoms with Crippen LogP contribution in [0.3, 0.4) is 0 Å². The van der Waals surface area contributed by atoms with Crippen LogP contribution in [0.25, 0.3) is 0 Å². The molecule has 0 aliphatic carbocycles. The summed E-state index contributed by atoms with van der Waals surface area (Å²) in [7, 11) is -4.37. The summed E-state index contributed by atoms with van der Waals surface area (Å²) in [6.07, 6.45) is 0.918.